The number of carbonyl (C=O) groups excluding carboxylic acids is 3. The van der Waals surface area contributed by atoms with Crippen LogP contribution >= 0.6 is 0 Å². The predicted molar refractivity (Wildman–Crippen MR) is 230 cm³/mol. The Morgan fingerprint density at radius 3 is 2.20 bits per heavy atom. The number of hydrogen-bond donors (Lipinski definition) is 2. The number of anilines is 2. The summed E-state index contributed by atoms with van der Waals surface area (Å²) in [5.41, 5.74) is 7.25. The molecular weight excluding hydrogens is 739 g/mol. The predicted octanol–water partition coefficient (Wildman–Crippen LogP) is 6.99. The molecule has 0 radical (unpaired) electrons. The molecule has 2 unspecified atom stereocenters. The molecule has 4 aromatic rings. The van der Waals surface area contributed by atoms with Crippen LogP contribution in [0.25, 0.3) is 0 Å². The Bertz CT molecular complexity index is 2100. The van der Waals surface area contributed by atoms with E-state index in [1.807, 2.05) is 60.7 Å². The first-order chi connectivity index (χ1) is 28.8. The van der Waals surface area contributed by atoms with Gasteiger partial charge >= 0.3 is 0 Å². The number of piperazine rings is 1. The van der Waals surface area contributed by atoms with Crippen molar-refractivity contribution in [1.29, 1.82) is 0 Å². The van der Waals surface area contributed by atoms with Crippen molar-refractivity contribution in [2.45, 2.75) is 82.8 Å². The van der Waals surface area contributed by atoms with Crippen LogP contribution < -0.4 is 19.9 Å². The van der Waals surface area contributed by atoms with E-state index in [0.29, 0.717) is 42.3 Å². The number of imide groups is 1. The zero-order valence-electron chi connectivity index (χ0n) is 34.1. The molecule has 2 atom stereocenters. The highest BCUT2D eigenvalue weighted by Crippen LogP contribution is 2.53. The average molecular weight is 796 g/mol. The van der Waals surface area contributed by atoms with Crippen LogP contribution in [0.2, 0.25) is 0 Å². The van der Waals surface area contributed by atoms with Crippen LogP contribution in [0.5, 0.6) is 11.5 Å². The molecule has 5 aliphatic heterocycles. The van der Waals surface area contributed by atoms with E-state index in [2.05, 4.69) is 50.3 Å². The molecule has 0 bridgehead atoms. The third-order valence-corrected chi connectivity index (χ3v) is 13.8. The molecular formula is C49H57N5O5. The Kier molecular flexibility index (Phi) is 11.3. The lowest BCUT2D eigenvalue weighted by Gasteiger charge is -2.54. The molecule has 3 amide bonds. The number of phenols is 1. The van der Waals surface area contributed by atoms with E-state index in [1.165, 1.54) is 81.4 Å². The van der Waals surface area contributed by atoms with Crippen molar-refractivity contribution in [1.82, 2.24) is 15.1 Å². The van der Waals surface area contributed by atoms with Gasteiger partial charge in [-0.1, -0.05) is 60.7 Å². The van der Waals surface area contributed by atoms with Gasteiger partial charge in [-0.3, -0.25) is 24.6 Å². The summed E-state index contributed by atoms with van der Waals surface area (Å²) >= 11 is 0. The fourth-order valence-corrected chi connectivity index (χ4v) is 10.8. The van der Waals surface area contributed by atoms with Gasteiger partial charge < -0.3 is 24.5 Å². The monoisotopic (exact) mass is 795 g/mol. The van der Waals surface area contributed by atoms with Crippen molar-refractivity contribution in [3.8, 4) is 11.5 Å². The molecule has 0 aromatic heterocycles. The Morgan fingerprint density at radius 1 is 0.763 bits per heavy atom. The third kappa shape index (κ3) is 8.42. The van der Waals surface area contributed by atoms with Gasteiger partial charge in [-0.2, -0.15) is 0 Å². The van der Waals surface area contributed by atoms with Crippen molar-refractivity contribution in [2.24, 2.45) is 11.3 Å². The van der Waals surface area contributed by atoms with Gasteiger partial charge in [-0.15, -0.1) is 0 Å². The van der Waals surface area contributed by atoms with Crippen molar-refractivity contribution in [3.05, 3.63) is 119 Å². The SMILES string of the molecule is O=C1CCC(N2Cc3c(ccc4c3OCC3CN(CC5CC6(CCN(c7ccccc7)CC6)C5)CCN43)C2=O)C(=O)N1.Oc1ccc2c(c1)CCCC2.c1ccccc1. The summed E-state index contributed by atoms with van der Waals surface area (Å²) in [7, 11) is 0. The smallest absolute Gasteiger partial charge is 0.255 e. The van der Waals surface area contributed by atoms with Gasteiger partial charge in [0.05, 0.1) is 18.3 Å². The molecule has 3 saturated heterocycles. The Balaban J connectivity index is 0.000000217. The minimum atomic E-state index is -0.611. The number of rotatable bonds is 4. The number of aryl methyl sites for hydroxylation is 2. The van der Waals surface area contributed by atoms with E-state index in [1.54, 1.807) is 11.0 Å². The number of piperidine rings is 2. The zero-order chi connectivity index (χ0) is 40.3. The van der Waals surface area contributed by atoms with Crippen LogP contribution in [0.15, 0.2) is 97.1 Å². The molecule has 1 spiro atoms. The highest BCUT2D eigenvalue weighted by atomic mass is 16.5. The molecule has 11 rings (SSSR count). The first-order valence-corrected chi connectivity index (χ1v) is 21.9. The topological polar surface area (TPSA) is 106 Å². The van der Waals surface area contributed by atoms with Gasteiger partial charge in [0.15, 0.2) is 0 Å². The number of carbonyl (C=O) groups is 3. The molecule has 59 heavy (non-hydrogen) atoms. The van der Waals surface area contributed by atoms with E-state index in [9.17, 15) is 19.5 Å². The van der Waals surface area contributed by atoms with Crippen LogP contribution in [0, 0.1) is 11.3 Å². The summed E-state index contributed by atoms with van der Waals surface area (Å²) in [6, 6.07) is 32.2. The summed E-state index contributed by atoms with van der Waals surface area (Å²) < 4.78 is 6.39. The second-order valence-corrected chi connectivity index (χ2v) is 17.7. The number of benzene rings is 4. The summed E-state index contributed by atoms with van der Waals surface area (Å²) in [6.45, 7) is 7.49. The third-order valence-electron chi connectivity index (χ3n) is 13.8. The first kappa shape index (κ1) is 39.1. The van der Waals surface area contributed by atoms with E-state index in [-0.39, 0.29) is 24.1 Å². The minimum absolute atomic E-state index is 0.151. The highest BCUT2D eigenvalue weighted by molar-refractivity contribution is 6.06. The number of para-hydroxylation sites is 1. The van der Waals surface area contributed by atoms with E-state index in [4.69, 9.17) is 4.74 Å². The second-order valence-electron chi connectivity index (χ2n) is 17.7. The van der Waals surface area contributed by atoms with Gasteiger partial charge in [-0.25, -0.2) is 0 Å². The van der Waals surface area contributed by atoms with Crippen LogP contribution in [0.1, 0.15) is 78.4 Å². The van der Waals surface area contributed by atoms with Crippen molar-refractivity contribution in [3.63, 3.8) is 0 Å². The molecule has 7 aliphatic rings. The van der Waals surface area contributed by atoms with E-state index < -0.39 is 6.04 Å². The molecule has 308 valence electrons. The molecule has 10 heteroatoms. The number of hydrogen-bond acceptors (Lipinski definition) is 8. The zero-order valence-corrected chi connectivity index (χ0v) is 34.1. The standard InChI is InChI=1S/C33H39N5O4.C10H12O.C6H6/c39-29-9-8-28(31(40)34-29)38-20-26-25(32(38)41)6-7-27-30(26)42-21-24-19-35(14-15-37(24)27)18-22-16-33(17-22)10-12-36(13-11-33)23-4-2-1-3-5-23;11-10-6-5-8-3-1-2-4-9(8)7-10;1-2-4-6-5-3-1/h1-7,22,24,28H,8-21H2,(H,34,39,40);5-7,11H,1-4H2;1-6H. The Morgan fingerprint density at radius 2 is 1.47 bits per heavy atom. The van der Waals surface area contributed by atoms with Gasteiger partial charge in [0.2, 0.25) is 11.8 Å². The van der Waals surface area contributed by atoms with Gasteiger partial charge in [0.25, 0.3) is 5.91 Å². The molecule has 4 fully saturated rings. The molecule has 10 nitrogen and oxygen atoms in total. The lowest BCUT2D eigenvalue weighted by Crippen LogP contribution is -2.59. The van der Waals surface area contributed by atoms with Crippen LogP contribution in [0.3, 0.4) is 0 Å². The number of phenolic OH excluding ortho intramolecular Hbond substituents is 1. The molecule has 5 heterocycles. The lowest BCUT2D eigenvalue weighted by atomic mass is 9.57. The first-order valence-electron chi connectivity index (χ1n) is 21.9. The number of fused-ring (bicyclic) bond motifs is 6. The van der Waals surface area contributed by atoms with Crippen LogP contribution in [0.4, 0.5) is 11.4 Å². The maximum Gasteiger partial charge on any atom is 0.255 e. The molecule has 4 aromatic carbocycles. The van der Waals surface area contributed by atoms with Gasteiger partial charge in [-0.05, 0) is 117 Å². The summed E-state index contributed by atoms with van der Waals surface area (Å²) in [5, 5.41) is 11.6. The quantitative estimate of drug-likeness (QED) is 0.213. The van der Waals surface area contributed by atoms with E-state index >= 15 is 0 Å². The van der Waals surface area contributed by atoms with Crippen molar-refractivity contribution in [2.75, 3.05) is 55.7 Å². The van der Waals surface area contributed by atoms with Gasteiger partial charge in [0.1, 0.15) is 24.1 Å². The van der Waals surface area contributed by atoms with E-state index in [0.717, 1.165) is 49.0 Å². The van der Waals surface area contributed by atoms with Crippen LogP contribution in [-0.4, -0.2) is 90.6 Å². The molecule has 2 N–H and O–H groups in total. The summed E-state index contributed by atoms with van der Waals surface area (Å²) in [5.74, 6) is 1.19. The number of aromatic hydroxyl groups is 1. The molecule has 1 saturated carbocycles. The molecule has 2 aliphatic carbocycles. The minimum Gasteiger partial charge on any atom is -0.508 e. The fourth-order valence-electron chi connectivity index (χ4n) is 10.8. The summed E-state index contributed by atoms with van der Waals surface area (Å²) in [4.78, 5) is 46.6. The average Bonchev–Trinajstić information content (AvgIpc) is 3.60. The fraction of sp³-hybridized carbons (Fsp3) is 0.449. The Labute approximate surface area is 348 Å². The number of nitrogens with one attached hydrogen (secondary N) is 1. The van der Waals surface area contributed by atoms with Gasteiger partial charge in [0, 0.05) is 62.5 Å². The second kappa shape index (κ2) is 17.1. The Hall–Kier alpha value is -5.35. The summed E-state index contributed by atoms with van der Waals surface area (Å²) in [6.07, 6.45) is 10.9. The van der Waals surface area contributed by atoms with Crippen LogP contribution in [-0.2, 0) is 29.0 Å². The number of ether oxygens (including phenoxy) is 1. The lowest BCUT2D eigenvalue weighted by molar-refractivity contribution is -0.136. The maximum absolute atomic E-state index is 13.2. The van der Waals surface area contributed by atoms with Crippen molar-refractivity contribution < 1.29 is 24.2 Å². The number of nitrogens with zero attached hydrogens (tertiary/aromatic N) is 4. The normalized spacial score (nSPS) is 23.2. The maximum atomic E-state index is 13.2. The highest BCUT2D eigenvalue weighted by Gasteiger charge is 2.47. The van der Waals surface area contributed by atoms with Crippen molar-refractivity contribution >= 4 is 29.1 Å². The number of amides is 3. The largest absolute Gasteiger partial charge is 0.508 e.